The van der Waals surface area contributed by atoms with Crippen LogP contribution in [0.25, 0.3) is 10.1 Å². The second-order valence-electron chi connectivity index (χ2n) is 6.02. The first-order valence-electron chi connectivity index (χ1n) is 7.42. The van der Waals surface area contributed by atoms with E-state index in [4.69, 9.17) is 0 Å². The Morgan fingerprint density at radius 3 is 2.65 bits per heavy atom. The molecule has 0 unspecified atom stereocenters. The molecule has 0 atom stereocenters. The van der Waals surface area contributed by atoms with Crippen molar-refractivity contribution in [1.29, 1.82) is 0 Å². The van der Waals surface area contributed by atoms with Gasteiger partial charge in [0.25, 0.3) is 5.56 Å². The highest BCUT2D eigenvalue weighted by atomic mass is 32.1. The SMILES string of the molecule is O=c1c2ccsc2ccn1CC1(CS)CCCCCC1. The van der Waals surface area contributed by atoms with E-state index in [9.17, 15) is 4.79 Å². The summed E-state index contributed by atoms with van der Waals surface area (Å²) in [5, 5.41) is 2.86. The van der Waals surface area contributed by atoms with Crippen molar-refractivity contribution in [1.82, 2.24) is 4.57 Å². The highest BCUT2D eigenvalue weighted by molar-refractivity contribution is 7.80. The number of hydrogen-bond donors (Lipinski definition) is 1. The minimum Gasteiger partial charge on any atom is -0.314 e. The van der Waals surface area contributed by atoms with Gasteiger partial charge in [0.2, 0.25) is 0 Å². The summed E-state index contributed by atoms with van der Waals surface area (Å²) in [7, 11) is 0. The number of hydrogen-bond acceptors (Lipinski definition) is 3. The van der Waals surface area contributed by atoms with Gasteiger partial charge in [-0.15, -0.1) is 11.3 Å². The number of fused-ring (bicyclic) bond motifs is 1. The van der Waals surface area contributed by atoms with Gasteiger partial charge in [-0.3, -0.25) is 4.79 Å². The molecule has 0 N–H and O–H groups in total. The number of rotatable bonds is 3. The minimum absolute atomic E-state index is 0.161. The maximum atomic E-state index is 12.6. The predicted octanol–water partition coefficient (Wildman–Crippen LogP) is 4.33. The summed E-state index contributed by atoms with van der Waals surface area (Å²) < 4.78 is 3.00. The quantitative estimate of drug-likeness (QED) is 0.661. The highest BCUT2D eigenvalue weighted by Gasteiger charge is 2.30. The van der Waals surface area contributed by atoms with Crippen molar-refractivity contribution in [3.63, 3.8) is 0 Å². The van der Waals surface area contributed by atoms with Crippen LogP contribution in [0.2, 0.25) is 0 Å². The van der Waals surface area contributed by atoms with E-state index < -0.39 is 0 Å². The van der Waals surface area contributed by atoms with Crippen LogP contribution in [0.1, 0.15) is 38.5 Å². The summed E-state index contributed by atoms with van der Waals surface area (Å²) in [5.41, 5.74) is 0.363. The molecule has 0 saturated heterocycles. The first-order chi connectivity index (χ1) is 9.74. The smallest absolute Gasteiger partial charge is 0.259 e. The van der Waals surface area contributed by atoms with E-state index in [2.05, 4.69) is 18.7 Å². The molecule has 1 saturated carbocycles. The molecule has 2 nitrogen and oxygen atoms in total. The summed E-state index contributed by atoms with van der Waals surface area (Å²) in [6.45, 7) is 0.821. The summed E-state index contributed by atoms with van der Waals surface area (Å²) in [6, 6.07) is 4.02. The van der Waals surface area contributed by atoms with Gasteiger partial charge in [0.05, 0.1) is 5.39 Å². The van der Waals surface area contributed by atoms with Crippen molar-refractivity contribution in [3.8, 4) is 0 Å². The van der Waals surface area contributed by atoms with Crippen molar-refractivity contribution < 1.29 is 0 Å². The first-order valence-corrected chi connectivity index (χ1v) is 8.93. The van der Waals surface area contributed by atoms with Crippen LogP contribution in [0.4, 0.5) is 0 Å². The zero-order valence-electron chi connectivity index (χ0n) is 11.7. The standard InChI is InChI=1S/C16H21NOS2/c18-15-13-6-10-20-14(13)5-9-17(15)11-16(12-19)7-3-1-2-4-8-16/h5-6,9-10,19H,1-4,7-8,11-12H2. The van der Waals surface area contributed by atoms with Crippen molar-refractivity contribution in [2.45, 2.75) is 45.1 Å². The van der Waals surface area contributed by atoms with Crippen LogP contribution in [0.15, 0.2) is 28.5 Å². The third kappa shape index (κ3) is 2.68. The van der Waals surface area contributed by atoms with E-state index in [0.717, 1.165) is 22.4 Å². The van der Waals surface area contributed by atoms with E-state index in [0.29, 0.717) is 0 Å². The van der Waals surface area contributed by atoms with Crippen LogP contribution in [0.3, 0.4) is 0 Å². The highest BCUT2D eigenvalue weighted by Crippen LogP contribution is 2.37. The van der Waals surface area contributed by atoms with E-state index in [1.807, 2.05) is 22.2 Å². The Kier molecular flexibility index (Phi) is 4.22. The van der Waals surface area contributed by atoms with Crippen LogP contribution in [-0.4, -0.2) is 10.3 Å². The molecule has 1 aliphatic rings. The fourth-order valence-corrected chi connectivity index (χ4v) is 4.53. The van der Waals surface area contributed by atoms with Crippen molar-refractivity contribution in [2.24, 2.45) is 5.41 Å². The Bertz CT molecular complexity index is 635. The Morgan fingerprint density at radius 2 is 1.95 bits per heavy atom. The van der Waals surface area contributed by atoms with E-state index in [-0.39, 0.29) is 11.0 Å². The van der Waals surface area contributed by atoms with Crippen LogP contribution in [0.5, 0.6) is 0 Å². The van der Waals surface area contributed by atoms with Crippen LogP contribution in [-0.2, 0) is 6.54 Å². The molecule has 2 aromatic heterocycles. The lowest BCUT2D eigenvalue weighted by atomic mass is 9.82. The van der Waals surface area contributed by atoms with Gasteiger partial charge in [0.15, 0.2) is 0 Å². The molecular formula is C16H21NOS2. The predicted molar refractivity (Wildman–Crippen MR) is 90.1 cm³/mol. The van der Waals surface area contributed by atoms with E-state index in [1.54, 1.807) is 11.3 Å². The first kappa shape index (κ1) is 14.2. The molecule has 1 aliphatic carbocycles. The molecule has 0 amide bonds. The minimum atomic E-state index is 0.161. The second kappa shape index (κ2) is 5.94. The Hall–Kier alpha value is -0.740. The van der Waals surface area contributed by atoms with Gasteiger partial charge >= 0.3 is 0 Å². The molecule has 0 aromatic carbocycles. The second-order valence-corrected chi connectivity index (χ2v) is 7.28. The van der Waals surface area contributed by atoms with E-state index in [1.165, 1.54) is 38.5 Å². The van der Waals surface area contributed by atoms with Gasteiger partial charge in [0.1, 0.15) is 0 Å². The number of aromatic nitrogens is 1. The van der Waals surface area contributed by atoms with Crippen LogP contribution in [0, 0.1) is 5.41 Å². The number of nitrogens with zero attached hydrogens (tertiary/aromatic N) is 1. The van der Waals surface area contributed by atoms with Crippen LogP contribution >= 0.6 is 24.0 Å². The topological polar surface area (TPSA) is 22.0 Å². The lowest BCUT2D eigenvalue weighted by Crippen LogP contribution is -2.33. The molecule has 0 radical (unpaired) electrons. The summed E-state index contributed by atoms with van der Waals surface area (Å²) in [6.07, 6.45) is 9.57. The fourth-order valence-electron chi connectivity index (χ4n) is 3.34. The zero-order chi connectivity index (χ0) is 14.0. The molecular weight excluding hydrogens is 286 g/mol. The third-order valence-electron chi connectivity index (χ3n) is 4.60. The largest absolute Gasteiger partial charge is 0.314 e. The third-order valence-corrected chi connectivity index (χ3v) is 6.15. The van der Waals surface area contributed by atoms with E-state index >= 15 is 0 Å². The molecule has 0 aliphatic heterocycles. The van der Waals surface area contributed by atoms with Crippen molar-refractivity contribution in [2.75, 3.05) is 5.75 Å². The molecule has 3 rings (SSSR count). The molecule has 2 heterocycles. The van der Waals surface area contributed by atoms with Gasteiger partial charge in [0, 0.05) is 17.4 Å². The zero-order valence-corrected chi connectivity index (χ0v) is 13.4. The lowest BCUT2D eigenvalue weighted by Gasteiger charge is -2.31. The maximum absolute atomic E-state index is 12.6. The summed E-state index contributed by atoms with van der Waals surface area (Å²) >= 11 is 6.25. The summed E-state index contributed by atoms with van der Waals surface area (Å²) in [4.78, 5) is 12.6. The monoisotopic (exact) mass is 307 g/mol. The Labute approximate surface area is 129 Å². The number of pyridine rings is 1. The number of thiophene rings is 1. The van der Waals surface area contributed by atoms with Gasteiger partial charge in [-0.05, 0) is 41.5 Å². The van der Waals surface area contributed by atoms with Gasteiger partial charge in [-0.1, -0.05) is 25.7 Å². The normalized spacial score (nSPS) is 19.1. The lowest BCUT2D eigenvalue weighted by molar-refractivity contribution is 0.238. The van der Waals surface area contributed by atoms with Gasteiger partial charge < -0.3 is 4.57 Å². The molecule has 1 fully saturated rings. The Balaban J connectivity index is 1.94. The van der Waals surface area contributed by atoms with Gasteiger partial charge in [-0.25, -0.2) is 0 Å². The maximum Gasteiger partial charge on any atom is 0.259 e. The average molecular weight is 307 g/mol. The van der Waals surface area contributed by atoms with Crippen LogP contribution < -0.4 is 5.56 Å². The molecule has 4 heteroatoms. The van der Waals surface area contributed by atoms with Crippen molar-refractivity contribution >= 4 is 34.1 Å². The fraction of sp³-hybridized carbons (Fsp3) is 0.562. The Morgan fingerprint density at radius 1 is 1.20 bits per heavy atom. The molecule has 20 heavy (non-hydrogen) atoms. The molecule has 2 aromatic rings. The number of thiol groups is 1. The summed E-state index contributed by atoms with van der Waals surface area (Å²) in [5.74, 6) is 0.876. The van der Waals surface area contributed by atoms with Crippen molar-refractivity contribution in [3.05, 3.63) is 34.1 Å². The molecule has 108 valence electrons. The molecule has 0 spiro atoms. The molecule has 0 bridgehead atoms. The average Bonchev–Trinajstić information content (AvgIpc) is 2.83. The van der Waals surface area contributed by atoms with Gasteiger partial charge in [-0.2, -0.15) is 12.6 Å².